The lowest BCUT2D eigenvalue weighted by Gasteiger charge is -2.07. The van der Waals surface area contributed by atoms with Gasteiger partial charge in [-0.3, -0.25) is 0 Å². The summed E-state index contributed by atoms with van der Waals surface area (Å²) in [6, 6.07) is -0.157. The Bertz CT molecular complexity index is 129. The standard InChI is InChI=1S/C6H11NO2/c1-4(6(8)9)3-5(2)7/h5H,1,3,7H2,2H3,(H,8,9)/p-1. The number of rotatable bonds is 3. The van der Waals surface area contributed by atoms with Crippen LogP contribution in [-0.2, 0) is 4.79 Å². The van der Waals surface area contributed by atoms with E-state index in [1.807, 2.05) is 0 Å². The lowest BCUT2D eigenvalue weighted by molar-refractivity contribution is -0.299. The molecule has 0 aliphatic rings. The highest BCUT2D eigenvalue weighted by atomic mass is 16.4. The van der Waals surface area contributed by atoms with Crippen molar-refractivity contribution in [3.8, 4) is 0 Å². The fraction of sp³-hybridized carbons (Fsp3) is 0.500. The van der Waals surface area contributed by atoms with Gasteiger partial charge < -0.3 is 15.6 Å². The monoisotopic (exact) mass is 128 g/mol. The van der Waals surface area contributed by atoms with Crippen molar-refractivity contribution in [1.29, 1.82) is 0 Å². The van der Waals surface area contributed by atoms with Crippen LogP contribution in [0.4, 0.5) is 0 Å². The number of carboxylic acid groups (broad SMARTS) is 1. The average molecular weight is 128 g/mol. The highest BCUT2D eigenvalue weighted by molar-refractivity contribution is 5.83. The Hall–Kier alpha value is -0.830. The van der Waals surface area contributed by atoms with Gasteiger partial charge in [0.25, 0.3) is 0 Å². The molecule has 0 aromatic carbocycles. The molecule has 0 amide bonds. The Morgan fingerprint density at radius 2 is 2.33 bits per heavy atom. The SMILES string of the molecule is C=C(CC(C)N)C(=O)[O-]. The predicted octanol–water partition coefficient (Wildman–Crippen LogP) is -0.970. The van der Waals surface area contributed by atoms with Crippen LogP contribution in [0, 0.1) is 0 Å². The van der Waals surface area contributed by atoms with Gasteiger partial charge in [-0.1, -0.05) is 6.58 Å². The van der Waals surface area contributed by atoms with Crippen molar-refractivity contribution in [2.45, 2.75) is 19.4 Å². The molecule has 1 unspecified atom stereocenters. The molecule has 0 rings (SSSR count). The van der Waals surface area contributed by atoms with Crippen LogP contribution in [0.3, 0.4) is 0 Å². The number of hydrogen-bond donors (Lipinski definition) is 1. The highest BCUT2D eigenvalue weighted by Crippen LogP contribution is 1.97. The summed E-state index contributed by atoms with van der Waals surface area (Å²) in [4.78, 5) is 9.97. The molecule has 0 radical (unpaired) electrons. The maximum Gasteiger partial charge on any atom is 0.0669 e. The summed E-state index contributed by atoms with van der Waals surface area (Å²) in [5.74, 6) is -1.22. The fourth-order valence-electron chi connectivity index (χ4n) is 0.472. The fourth-order valence-corrected chi connectivity index (χ4v) is 0.472. The first kappa shape index (κ1) is 8.17. The van der Waals surface area contributed by atoms with Crippen LogP contribution in [0.2, 0.25) is 0 Å². The number of hydrogen-bond acceptors (Lipinski definition) is 3. The summed E-state index contributed by atoms with van der Waals surface area (Å²) in [5, 5.41) is 9.97. The smallest absolute Gasteiger partial charge is 0.0669 e. The van der Waals surface area contributed by atoms with Crippen LogP contribution < -0.4 is 10.8 Å². The molecule has 0 bridgehead atoms. The van der Waals surface area contributed by atoms with Crippen molar-refractivity contribution >= 4 is 5.97 Å². The maximum atomic E-state index is 9.97. The number of aliphatic carboxylic acids is 1. The molecular formula is C6H10NO2-. The van der Waals surface area contributed by atoms with E-state index < -0.39 is 5.97 Å². The van der Waals surface area contributed by atoms with Crippen LogP contribution in [0.25, 0.3) is 0 Å². The van der Waals surface area contributed by atoms with Gasteiger partial charge in [0, 0.05) is 6.04 Å². The van der Waals surface area contributed by atoms with E-state index in [2.05, 4.69) is 6.58 Å². The van der Waals surface area contributed by atoms with Crippen molar-refractivity contribution < 1.29 is 9.90 Å². The van der Waals surface area contributed by atoms with E-state index in [-0.39, 0.29) is 11.6 Å². The van der Waals surface area contributed by atoms with Gasteiger partial charge in [0.1, 0.15) is 0 Å². The zero-order valence-corrected chi connectivity index (χ0v) is 5.39. The Morgan fingerprint density at radius 1 is 1.89 bits per heavy atom. The number of carbonyl (C=O) groups is 1. The molecule has 0 aliphatic heterocycles. The number of carbonyl (C=O) groups excluding carboxylic acids is 1. The van der Waals surface area contributed by atoms with Crippen LogP contribution in [0.1, 0.15) is 13.3 Å². The summed E-state index contributed by atoms with van der Waals surface area (Å²) in [6.45, 7) is 4.97. The summed E-state index contributed by atoms with van der Waals surface area (Å²) >= 11 is 0. The highest BCUT2D eigenvalue weighted by Gasteiger charge is 1.97. The van der Waals surface area contributed by atoms with Crippen molar-refractivity contribution in [3.63, 3.8) is 0 Å². The number of nitrogens with two attached hydrogens (primary N) is 1. The van der Waals surface area contributed by atoms with E-state index >= 15 is 0 Å². The van der Waals surface area contributed by atoms with E-state index in [1.165, 1.54) is 0 Å². The Balaban J connectivity index is 3.65. The molecule has 0 fully saturated rings. The van der Waals surface area contributed by atoms with Gasteiger partial charge in [-0.05, 0) is 18.9 Å². The third kappa shape index (κ3) is 3.73. The molecular weight excluding hydrogens is 118 g/mol. The van der Waals surface area contributed by atoms with Crippen molar-refractivity contribution in [2.75, 3.05) is 0 Å². The van der Waals surface area contributed by atoms with Crippen LogP contribution in [0.5, 0.6) is 0 Å². The van der Waals surface area contributed by atoms with Gasteiger partial charge in [-0.15, -0.1) is 0 Å². The first-order valence-corrected chi connectivity index (χ1v) is 2.68. The quantitative estimate of drug-likeness (QED) is 0.497. The van der Waals surface area contributed by atoms with Crippen LogP contribution in [0.15, 0.2) is 12.2 Å². The molecule has 3 nitrogen and oxygen atoms in total. The third-order valence-electron chi connectivity index (χ3n) is 0.857. The van der Waals surface area contributed by atoms with E-state index in [1.54, 1.807) is 6.92 Å². The molecule has 52 valence electrons. The number of carboxylic acids is 1. The van der Waals surface area contributed by atoms with Crippen molar-refractivity contribution in [3.05, 3.63) is 12.2 Å². The molecule has 0 heterocycles. The van der Waals surface area contributed by atoms with E-state index in [9.17, 15) is 9.90 Å². The predicted molar refractivity (Wildman–Crippen MR) is 32.4 cm³/mol. The second-order valence-corrected chi connectivity index (χ2v) is 2.07. The molecule has 0 aromatic heterocycles. The molecule has 0 spiro atoms. The van der Waals surface area contributed by atoms with E-state index in [0.717, 1.165) is 0 Å². The molecule has 2 N–H and O–H groups in total. The first-order valence-electron chi connectivity index (χ1n) is 2.68. The van der Waals surface area contributed by atoms with Gasteiger partial charge in [-0.2, -0.15) is 0 Å². The van der Waals surface area contributed by atoms with Gasteiger partial charge in [0.2, 0.25) is 0 Å². The lowest BCUT2D eigenvalue weighted by Crippen LogP contribution is -2.27. The first-order chi connectivity index (χ1) is 4.04. The van der Waals surface area contributed by atoms with Crippen molar-refractivity contribution in [1.82, 2.24) is 0 Å². The minimum Gasteiger partial charge on any atom is -0.545 e. The minimum absolute atomic E-state index is 0.0602. The summed E-state index contributed by atoms with van der Waals surface area (Å²) < 4.78 is 0. The van der Waals surface area contributed by atoms with Crippen LogP contribution >= 0.6 is 0 Å². The zero-order valence-electron chi connectivity index (χ0n) is 5.39. The molecule has 9 heavy (non-hydrogen) atoms. The summed E-state index contributed by atoms with van der Waals surface area (Å²) in [7, 11) is 0. The zero-order chi connectivity index (χ0) is 7.44. The second kappa shape index (κ2) is 3.25. The Morgan fingerprint density at radius 3 is 2.44 bits per heavy atom. The molecule has 0 saturated heterocycles. The lowest BCUT2D eigenvalue weighted by atomic mass is 10.1. The molecule has 0 aliphatic carbocycles. The van der Waals surface area contributed by atoms with Crippen LogP contribution in [-0.4, -0.2) is 12.0 Å². The molecule has 0 aromatic rings. The topological polar surface area (TPSA) is 66.2 Å². The normalized spacial score (nSPS) is 12.7. The van der Waals surface area contributed by atoms with Crippen molar-refractivity contribution in [2.24, 2.45) is 5.73 Å². The van der Waals surface area contributed by atoms with E-state index in [4.69, 9.17) is 5.73 Å². The molecule has 0 saturated carbocycles. The van der Waals surface area contributed by atoms with Gasteiger partial charge in [-0.25, -0.2) is 0 Å². The van der Waals surface area contributed by atoms with Gasteiger partial charge >= 0.3 is 0 Å². The molecule has 3 heteroatoms. The maximum absolute atomic E-state index is 9.97. The third-order valence-corrected chi connectivity index (χ3v) is 0.857. The second-order valence-electron chi connectivity index (χ2n) is 2.07. The molecule has 1 atom stereocenters. The Kier molecular flexibility index (Phi) is 2.95. The van der Waals surface area contributed by atoms with Gasteiger partial charge in [0.15, 0.2) is 0 Å². The van der Waals surface area contributed by atoms with Gasteiger partial charge in [0.05, 0.1) is 5.97 Å². The minimum atomic E-state index is -1.22. The summed E-state index contributed by atoms with van der Waals surface area (Å²) in [5.41, 5.74) is 5.34. The van der Waals surface area contributed by atoms with E-state index in [0.29, 0.717) is 6.42 Å². The summed E-state index contributed by atoms with van der Waals surface area (Å²) in [6.07, 6.45) is 0.294. The largest absolute Gasteiger partial charge is 0.545 e. The Labute approximate surface area is 54.2 Å². The average Bonchev–Trinajstić information content (AvgIpc) is 1.63.